The highest BCUT2D eigenvalue weighted by Crippen LogP contribution is 2.20. The fraction of sp³-hybridized carbons (Fsp3) is 0.222. The van der Waals surface area contributed by atoms with Crippen LogP contribution in [0.15, 0.2) is 65.5 Å². The standard InChI is InChI=1S/C18H20N4O2/c1-14(17-9-6-10-24-17)21(2)18(23)20-16-11-19-22(13-16)12-15-7-4-3-5-8-15/h3-11,13-14H,12H2,1-2H3,(H,20,23)/t14-/m0/s1. The number of hydrogen-bond acceptors (Lipinski definition) is 3. The van der Waals surface area contributed by atoms with Crippen molar-refractivity contribution in [2.24, 2.45) is 0 Å². The molecule has 0 aliphatic carbocycles. The van der Waals surface area contributed by atoms with E-state index in [4.69, 9.17) is 4.42 Å². The summed E-state index contributed by atoms with van der Waals surface area (Å²) in [6.07, 6.45) is 5.06. The normalized spacial score (nSPS) is 11.9. The van der Waals surface area contributed by atoms with E-state index in [-0.39, 0.29) is 12.1 Å². The van der Waals surface area contributed by atoms with Crippen LogP contribution in [0, 0.1) is 0 Å². The summed E-state index contributed by atoms with van der Waals surface area (Å²) in [5, 5.41) is 7.14. The van der Waals surface area contributed by atoms with Crippen molar-refractivity contribution < 1.29 is 9.21 Å². The molecule has 0 bridgehead atoms. The lowest BCUT2D eigenvalue weighted by molar-refractivity contribution is 0.201. The first-order valence-electron chi connectivity index (χ1n) is 7.77. The molecule has 24 heavy (non-hydrogen) atoms. The van der Waals surface area contributed by atoms with Gasteiger partial charge < -0.3 is 14.6 Å². The zero-order valence-electron chi connectivity index (χ0n) is 13.7. The number of urea groups is 1. The van der Waals surface area contributed by atoms with E-state index in [0.717, 1.165) is 11.3 Å². The predicted molar refractivity (Wildman–Crippen MR) is 91.7 cm³/mol. The lowest BCUT2D eigenvalue weighted by Gasteiger charge is -2.23. The van der Waals surface area contributed by atoms with Crippen LogP contribution in [0.4, 0.5) is 10.5 Å². The summed E-state index contributed by atoms with van der Waals surface area (Å²) >= 11 is 0. The molecule has 2 amide bonds. The van der Waals surface area contributed by atoms with Gasteiger partial charge in [-0.1, -0.05) is 30.3 Å². The van der Waals surface area contributed by atoms with E-state index in [1.54, 1.807) is 29.1 Å². The Morgan fingerprint density at radius 3 is 2.79 bits per heavy atom. The highest BCUT2D eigenvalue weighted by Gasteiger charge is 2.19. The average Bonchev–Trinajstić information content (AvgIpc) is 3.26. The molecular formula is C18H20N4O2. The Morgan fingerprint density at radius 1 is 1.29 bits per heavy atom. The second kappa shape index (κ2) is 7.04. The van der Waals surface area contributed by atoms with Crippen LogP contribution in [-0.4, -0.2) is 27.8 Å². The topological polar surface area (TPSA) is 63.3 Å². The van der Waals surface area contributed by atoms with E-state index in [2.05, 4.69) is 10.4 Å². The number of carbonyl (C=O) groups excluding carboxylic acids is 1. The van der Waals surface area contributed by atoms with Gasteiger partial charge in [-0.05, 0) is 24.6 Å². The van der Waals surface area contributed by atoms with Crippen LogP contribution in [0.3, 0.4) is 0 Å². The zero-order valence-corrected chi connectivity index (χ0v) is 13.7. The molecule has 0 aliphatic rings. The summed E-state index contributed by atoms with van der Waals surface area (Å²) < 4.78 is 7.14. The maximum absolute atomic E-state index is 12.4. The summed E-state index contributed by atoms with van der Waals surface area (Å²) in [6.45, 7) is 2.58. The molecule has 0 spiro atoms. The van der Waals surface area contributed by atoms with Crippen molar-refractivity contribution in [2.45, 2.75) is 19.5 Å². The van der Waals surface area contributed by atoms with Gasteiger partial charge in [0.15, 0.2) is 0 Å². The van der Waals surface area contributed by atoms with E-state index in [1.807, 2.05) is 55.6 Å². The SMILES string of the molecule is C[C@@H](c1ccco1)N(C)C(=O)Nc1cnn(Cc2ccccc2)c1. The first-order valence-corrected chi connectivity index (χ1v) is 7.77. The molecule has 124 valence electrons. The van der Waals surface area contributed by atoms with Crippen molar-refractivity contribution in [3.8, 4) is 0 Å². The van der Waals surface area contributed by atoms with Gasteiger partial charge in [-0.2, -0.15) is 5.10 Å². The largest absolute Gasteiger partial charge is 0.467 e. The number of hydrogen-bond donors (Lipinski definition) is 1. The molecule has 6 nitrogen and oxygen atoms in total. The number of anilines is 1. The number of amides is 2. The summed E-state index contributed by atoms with van der Waals surface area (Å²) in [4.78, 5) is 13.9. The molecule has 6 heteroatoms. The minimum Gasteiger partial charge on any atom is -0.467 e. The third kappa shape index (κ3) is 3.65. The van der Waals surface area contributed by atoms with Crippen LogP contribution in [0.1, 0.15) is 24.3 Å². The second-order valence-corrected chi connectivity index (χ2v) is 5.64. The smallest absolute Gasteiger partial charge is 0.322 e. The molecule has 0 saturated carbocycles. The van der Waals surface area contributed by atoms with Gasteiger partial charge in [-0.15, -0.1) is 0 Å². The Hall–Kier alpha value is -3.02. The minimum atomic E-state index is -0.210. The maximum atomic E-state index is 12.4. The van der Waals surface area contributed by atoms with Gasteiger partial charge >= 0.3 is 6.03 Å². The van der Waals surface area contributed by atoms with Crippen LogP contribution in [0.2, 0.25) is 0 Å². The van der Waals surface area contributed by atoms with Gasteiger partial charge in [0.05, 0.1) is 30.7 Å². The summed E-state index contributed by atoms with van der Waals surface area (Å²) in [5.74, 6) is 0.743. The molecular weight excluding hydrogens is 304 g/mol. The molecule has 0 fully saturated rings. The fourth-order valence-corrected chi connectivity index (χ4v) is 2.39. The lowest BCUT2D eigenvalue weighted by Crippen LogP contribution is -2.33. The van der Waals surface area contributed by atoms with Crippen LogP contribution >= 0.6 is 0 Å². The average molecular weight is 324 g/mol. The quantitative estimate of drug-likeness (QED) is 0.777. The van der Waals surface area contributed by atoms with E-state index < -0.39 is 0 Å². The second-order valence-electron chi connectivity index (χ2n) is 5.64. The molecule has 0 unspecified atom stereocenters. The van der Waals surface area contributed by atoms with Crippen LogP contribution in [-0.2, 0) is 6.54 Å². The maximum Gasteiger partial charge on any atom is 0.322 e. The number of furan rings is 1. The molecule has 1 aromatic carbocycles. The highest BCUT2D eigenvalue weighted by atomic mass is 16.3. The molecule has 0 radical (unpaired) electrons. The zero-order chi connectivity index (χ0) is 16.9. The fourth-order valence-electron chi connectivity index (χ4n) is 2.39. The lowest BCUT2D eigenvalue weighted by atomic mass is 10.2. The van der Waals surface area contributed by atoms with Crippen molar-refractivity contribution in [3.63, 3.8) is 0 Å². The Bertz CT molecular complexity index is 780. The van der Waals surface area contributed by atoms with E-state index in [9.17, 15) is 4.79 Å². The minimum absolute atomic E-state index is 0.153. The first-order chi connectivity index (χ1) is 11.6. The van der Waals surface area contributed by atoms with Crippen molar-refractivity contribution in [1.29, 1.82) is 0 Å². The van der Waals surface area contributed by atoms with Crippen LogP contribution in [0.25, 0.3) is 0 Å². The van der Waals surface area contributed by atoms with E-state index in [0.29, 0.717) is 12.2 Å². The van der Waals surface area contributed by atoms with Gasteiger partial charge in [0, 0.05) is 13.2 Å². The van der Waals surface area contributed by atoms with Crippen molar-refractivity contribution in [2.75, 3.05) is 12.4 Å². The Balaban J connectivity index is 1.60. The molecule has 0 saturated heterocycles. The third-order valence-electron chi connectivity index (χ3n) is 3.93. The number of nitrogens with zero attached hydrogens (tertiary/aromatic N) is 3. The van der Waals surface area contributed by atoms with Gasteiger partial charge in [-0.25, -0.2) is 4.79 Å². The third-order valence-corrected chi connectivity index (χ3v) is 3.93. The molecule has 1 atom stereocenters. The Morgan fingerprint density at radius 2 is 2.08 bits per heavy atom. The Kier molecular flexibility index (Phi) is 4.65. The highest BCUT2D eigenvalue weighted by molar-refractivity contribution is 5.89. The number of nitrogens with one attached hydrogen (secondary N) is 1. The van der Waals surface area contributed by atoms with Crippen molar-refractivity contribution >= 4 is 11.7 Å². The monoisotopic (exact) mass is 324 g/mol. The van der Waals surface area contributed by atoms with Crippen LogP contribution < -0.4 is 5.32 Å². The van der Waals surface area contributed by atoms with E-state index in [1.165, 1.54) is 0 Å². The van der Waals surface area contributed by atoms with Gasteiger partial charge in [0.1, 0.15) is 5.76 Å². The molecule has 3 rings (SSSR count). The molecule has 2 heterocycles. The van der Waals surface area contributed by atoms with Crippen molar-refractivity contribution in [3.05, 3.63) is 72.4 Å². The van der Waals surface area contributed by atoms with Crippen molar-refractivity contribution in [1.82, 2.24) is 14.7 Å². The molecule has 0 aliphatic heterocycles. The summed E-state index contributed by atoms with van der Waals surface area (Å²) in [5.41, 5.74) is 1.82. The predicted octanol–water partition coefficient (Wildman–Crippen LogP) is 3.75. The number of benzene rings is 1. The van der Waals surface area contributed by atoms with E-state index >= 15 is 0 Å². The van der Waals surface area contributed by atoms with Gasteiger partial charge in [0.2, 0.25) is 0 Å². The summed E-state index contributed by atoms with van der Waals surface area (Å²) in [6, 6.07) is 13.3. The van der Waals surface area contributed by atoms with Gasteiger partial charge in [0.25, 0.3) is 0 Å². The molecule has 1 N–H and O–H groups in total. The van der Waals surface area contributed by atoms with Gasteiger partial charge in [-0.3, -0.25) is 4.68 Å². The molecule has 2 aromatic heterocycles. The first kappa shape index (κ1) is 15.9. The van der Waals surface area contributed by atoms with Crippen LogP contribution in [0.5, 0.6) is 0 Å². The number of rotatable bonds is 5. The Labute approximate surface area is 140 Å². The number of aromatic nitrogens is 2. The summed E-state index contributed by atoms with van der Waals surface area (Å²) in [7, 11) is 1.73. The molecule has 3 aromatic rings. The number of carbonyl (C=O) groups is 1.